The Kier molecular flexibility index (Phi) is 10.3. The predicted molar refractivity (Wildman–Crippen MR) is 138 cm³/mol. The number of benzene rings is 2. The number of carbonyl (C=O) groups excluding carboxylic acids is 4. The highest BCUT2D eigenvalue weighted by Gasteiger charge is 2.52. The molecule has 11 heteroatoms. The first-order valence-corrected chi connectivity index (χ1v) is 12.6. The zero-order valence-corrected chi connectivity index (χ0v) is 23.1. The minimum Gasteiger partial charge on any atom is -0.497 e. The van der Waals surface area contributed by atoms with Crippen LogP contribution in [-0.4, -0.2) is 62.0 Å². The summed E-state index contributed by atoms with van der Waals surface area (Å²) in [7, 11) is 1.59. The Balaban J connectivity index is 2.05. The second-order valence-corrected chi connectivity index (χ2v) is 9.40. The van der Waals surface area contributed by atoms with E-state index in [-0.39, 0.29) is 6.61 Å². The second kappa shape index (κ2) is 13.4. The van der Waals surface area contributed by atoms with Crippen molar-refractivity contribution in [2.75, 3.05) is 13.7 Å². The first-order valence-electron chi connectivity index (χ1n) is 12.2. The van der Waals surface area contributed by atoms with Gasteiger partial charge < -0.3 is 28.4 Å². The summed E-state index contributed by atoms with van der Waals surface area (Å²) in [6, 6.07) is 12.7. The number of esters is 4. The molecule has 0 aliphatic carbocycles. The van der Waals surface area contributed by atoms with Gasteiger partial charge in [-0.2, -0.15) is 0 Å². The molecule has 2 aromatic carbocycles. The maximum Gasteiger partial charge on any atom is 0.303 e. The predicted octanol–water partition coefficient (Wildman–Crippen LogP) is 3.74. The molecule has 1 heterocycles. The van der Waals surface area contributed by atoms with Crippen LogP contribution < -0.4 is 4.74 Å². The monoisotopic (exact) mass is 562 g/mol. The molecule has 210 valence electrons. The Labute approximate surface area is 231 Å². The Morgan fingerprint density at radius 1 is 0.795 bits per heavy atom. The van der Waals surface area contributed by atoms with E-state index in [4.69, 9.17) is 40.0 Å². The number of rotatable bonds is 9. The molecule has 0 spiro atoms. The third-order valence-electron chi connectivity index (χ3n) is 5.94. The van der Waals surface area contributed by atoms with Crippen molar-refractivity contribution < 1.29 is 47.6 Å². The summed E-state index contributed by atoms with van der Waals surface area (Å²) in [5.74, 6) is -1.93. The third-order valence-corrected chi connectivity index (χ3v) is 6.31. The number of methoxy groups -OCH3 is 1. The van der Waals surface area contributed by atoms with Crippen LogP contribution in [-0.2, 0) is 49.3 Å². The first kappa shape index (κ1) is 29.9. The smallest absolute Gasteiger partial charge is 0.303 e. The van der Waals surface area contributed by atoms with Crippen LogP contribution in [0.15, 0.2) is 42.5 Å². The van der Waals surface area contributed by atoms with E-state index in [1.165, 1.54) is 27.7 Å². The van der Waals surface area contributed by atoms with Crippen LogP contribution in [0.3, 0.4) is 0 Å². The van der Waals surface area contributed by atoms with E-state index in [0.29, 0.717) is 17.0 Å². The van der Waals surface area contributed by atoms with Crippen molar-refractivity contribution in [3.8, 4) is 5.75 Å². The van der Waals surface area contributed by atoms with Gasteiger partial charge in [-0.3, -0.25) is 19.2 Å². The lowest BCUT2D eigenvalue weighted by Crippen LogP contribution is -2.59. The van der Waals surface area contributed by atoms with E-state index in [1.807, 2.05) is 24.3 Å². The SMILES string of the molecule is COc1ccc(Cc2cc(C3O[C@H](COC(C)=O)[C@@H](OC(C)=O)[C@H](OC(C)=O)[C@H]3OC(C)=O)ccc2Cl)cc1. The first-order chi connectivity index (χ1) is 18.5. The van der Waals surface area contributed by atoms with Crippen LogP contribution in [0.2, 0.25) is 5.02 Å². The molecule has 0 N–H and O–H groups in total. The molecule has 0 amide bonds. The highest BCUT2D eigenvalue weighted by molar-refractivity contribution is 6.31. The molecule has 0 radical (unpaired) electrons. The van der Waals surface area contributed by atoms with Gasteiger partial charge in [0.25, 0.3) is 0 Å². The van der Waals surface area contributed by atoms with Crippen molar-refractivity contribution in [1.82, 2.24) is 0 Å². The van der Waals surface area contributed by atoms with Crippen molar-refractivity contribution in [2.45, 2.75) is 64.6 Å². The van der Waals surface area contributed by atoms with E-state index in [9.17, 15) is 19.2 Å². The van der Waals surface area contributed by atoms with E-state index in [1.54, 1.807) is 25.3 Å². The summed E-state index contributed by atoms with van der Waals surface area (Å²) in [5.41, 5.74) is 2.28. The molecule has 1 saturated heterocycles. The van der Waals surface area contributed by atoms with E-state index in [2.05, 4.69) is 0 Å². The molecule has 3 rings (SSSR count). The Bertz CT molecular complexity index is 1200. The summed E-state index contributed by atoms with van der Waals surface area (Å²) in [4.78, 5) is 47.7. The minimum atomic E-state index is -1.25. The lowest BCUT2D eigenvalue weighted by Gasteiger charge is -2.44. The highest BCUT2D eigenvalue weighted by atomic mass is 35.5. The van der Waals surface area contributed by atoms with Gasteiger partial charge >= 0.3 is 23.9 Å². The molecule has 1 fully saturated rings. The van der Waals surface area contributed by atoms with Crippen molar-refractivity contribution in [2.24, 2.45) is 0 Å². The molecule has 1 aliphatic heterocycles. The number of ether oxygens (including phenoxy) is 6. The molecule has 0 bridgehead atoms. The quantitative estimate of drug-likeness (QED) is 0.330. The maximum absolute atomic E-state index is 12.1. The standard InChI is InChI=1S/C28H31ClO10/c1-15(30)35-14-24-26(36-16(2)31)28(38-18(4)33)27(37-17(3)32)25(39-24)20-8-11-23(29)21(13-20)12-19-6-9-22(34-5)10-7-19/h6-11,13,24-28H,12,14H2,1-5H3/t24-,25?,26-,27+,28+/m1/s1. The van der Waals surface area contributed by atoms with Crippen LogP contribution in [0.5, 0.6) is 5.75 Å². The largest absolute Gasteiger partial charge is 0.497 e. The molecule has 2 aromatic rings. The van der Waals surface area contributed by atoms with Gasteiger partial charge in [-0.25, -0.2) is 0 Å². The van der Waals surface area contributed by atoms with Gasteiger partial charge in [0.05, 0.1) is 7.11 Å². The fraction of sp³-hybridized carbons (Fsp3) is 0.429. The maximum atomic E-state index is 12.1. The fourth-order valence-corrected chi connectivity index (χ4v) is 4.55. The average molecular weight is 563 g/mol. The number of halogens is 1. The van der Waals surface area contributed by atoms with Crippen molar-refractivity contribution >= 4 is 35.5 Å². The van der Waals surface area contributed by atoms with Crippen LogP contribution in [0.1, 0.15) is 50.5 Å². The number of hydrogen-bond donors (Lipinski definition) is 0. The van der Waals surface area contributed by atoms with Crippen LogP contribution >= 0.6 is 11.6 Å². The summed E-state index contributed by atoms with van der Waals surface area (Å²) in [6.45, 7) is 4.46. The summed E-state index contributed by atoms with van der Waals surface area (Å²) in [5, 5.41) is 0.500. The molecule has 0 saturated carbocycles. The normalized spacial score (nSPS) is 22.4. The molecule has 0 aromatic heterocycles. The van der Waals surface area contributed by atoms with E-state index >= 15 is 0 Å². The van der Waals surface area contributed by atoms with Gasteiger partial charge in [-0.1, -0.05) is 35.9 Å². The third kappa shape index (κ3) is 8.18. The highest BCUT2D eigenvalue weighted by Crippen LogP contribution is 2.39. The summed E-state index contributed by atoms with van der Waals surface area (Å²) < 4.78 is 33.2. The molecule has 1 aliphatic rings. The lowest BCUT2D eigenvalue weighted by atomic mass is 9.89. The summed E-state index contributed by atoms with van der Waals surface area (Å²) >= 11 is 6.52. The van der Waals surface area contributed by atoms with E-state index in [0.717, 1.165) is 16.9 Å². The Morgan fingerprint density at radius 2 is 1.38 bits per heavy atom. The molecule has 5 atom stereocenters. The fourth-order valence-electron chi connectivity index (χ4n) is 4.37. The lowest BCUT2D eigenvalue weighted by molar-refractivity contribution is -0.254. The second-order valence-electron chi connectivity index (χ2n) is 9.00. The topological polar surface area (TPSA) is 124 Å². The van der Waals surface area contributed by atoms with Gasteiger partial charge in [0.2, 0.25) is 0 Å². The van der Waals surface area contributed by atoms with Crippen molar-refractivity contribution in [3.05, 3.63) is 64.2 Å². The van der Waals surface area contributed by atoms with Crippen LogP contribution in [0.25, 0.3) is 0 Å². The van der Waals surface area contributed by atoms with Gasteiger partial charge in [-0.15, -0.1) is 0 Å². The molecular formula is C28H31ClO10. The van der Waals surface area contributed by atoms with Crippen molar-refractivity contribution in [1.29, 1.82) is 0 Å². The summed E-state index contributed by atoms with van der Waals surface area (Å²) in [6.07, 6.45) is -5.23. The van der Waals surface area contributed by atoms with Gasteiger partial charge in [0, 0.05) is 32.7 Å². The molecule has 10 nitrogen and oxygen atoms in total. The van der Waals surface area contributed by atoms with Crippen LogP contribution in [0, 0.1) is 0 Å². The molecular weight excluding hydrogens is 532 g/mol. The van der Waals surface area contributed by atoms with Gasteiger partial charge in [0.15, 0.2) is 18.3 Å². The minimum absolute atomic E-state index is 0.305. The molecule has 39 heavy (non-hydrogen) atoms. The van der Waals surface area contributed by atoms with Gasteiger partial charge in [0.1, 0.15) is 24.6 Å². The van der Waals surface area contributed by atoms with Crippen LogP contribution in [0.4, 0.5) is 0 Å². The zero-order valence-electron chi connectivity index (χ0n) is 22.3. The zero-order chi connectivity index (χ0) is 28.7. The molecule has 1 unspecified atom stereocenters. The Morgan fingerprint density at radius 3 is 1.95 bits per heavy atom. The van der Waals surface area contributed by atoms with Gasteiger partial charge in [-0.05, 0) is 41.3 Å². The Hall–Kier alpha value is -3.63. The van der Waals surface area contributed by atoms with E-state index < -0.39 is 54.4 Å². The average Bonchev–Trinajstić information content (AvgIpc) is 2.86. The van der Waals surface area contributed by atoms with Crippen molar-refractivity contribution in [3.63, 3.8) is 0 Å². The number of hydrogen-bond acceptors (Lipinski definition) is 10. The number of carbonyl (C=O) groups is 4.